The first kappa shape index (κ1) is 20.0. The second kappa shape index (κ2) is 9.41. The van der Waals surface area contributed by atoms with Crippen LogP contribution >= 0.6 is 0 Å². The summed E-state index contributed by atoms with van der Waals surface area (Å²) < 4.78 is 31.4. The first-order valence-electron chi connectivity index (χ1n) is 8.03. The summed E-state index contributed by atoms with van der Waals surface area (Å²) in [5, 5.41) is 8.68. The predicted octanol–water partition coefficient (Wildman–Crippen LogP) is -0.287. The quantitative estimate of drug-likeness (QED) is 0.613. The molecule has 2 rings (SSSR count). The molecule has 0 atom stereocenters. The fraction of sp³-hybridized carbons (Fsp3) is 0.438. The first-order chi connectivity index (χ1) is 12.4. The maximum atomic E-state index is 12.4. The van der Waals surface area contributed by atoms with Gasteiger partial charge in [-0.1, -0.05) is 6.07 Å². The lowest BCUT2D eigenvalue weighted by Gasteiger charge is -2.28. The molecule has 1 aliphatic rings. The summed E-state index contributed by atoms with van der Waals surface area (Å²) >= 11 is 0. The number of carbonyl (C=O) groups is 2. The summed E-state index contributed by atoms with van der Waals surface area (Å²) in [7, 11) is -3.53. The number of ether oxygens (including phenoxy) is 1. The van der Waals surface area contributed by atoms with Crippen molar-refractivity contribution in [3.05, 3.63) is 42.2 Å². The third-order valence-corrected chi connectivity index (χ3v) is 5.61. The molecule has 0 bridgehead atoms. The SMILES string of the molecule is O=C(O)/C=C/C(=O)N(CCS(=O)(=O)N1CCOCC1)Cc1cccnc1. The molecule has 0 aromatic carbocycles. The van der Waals surface area contributed by atoms with Gasteiger partial charge in [-0.3, -0.25) is 9.78 Å². The minimum atomic E-state index is -3.53. The summed E-state index contributed by atoms with van der Waals surface area (Å²) in [4.78, 5) is 28.1. The van der Waals surface area contributed by atoms with Gasteiger partial charge >= 0.3 is 5.97 Å². The van der Waals surface area contributed by atoms with Gasteiger partial charge in [-0.2, -0.15) is 4.31 Å². The zero-order valence-electron chi connectivity index (χ0n) is 14.2. The minimum absolute atomic E-state index is 0.0582. The number of carboxylic acid groups (broad SMARTS) is 1. The number of carbonyl (C=O) groups excluding carboxylic acids is 1. The minimum Gasteiger partial charge on any atom is -0.478 e. The summed E-state index contributed by atoms with van der Waals surface area (Å²) in [5.74, 6) is -2.08. The molecule has 1 aliphatic heterocycles. The van der Waals surface area contributed by atoms with Crippen LogP contribution in [-0.4, -0.2) is 78.2 Å². The second-order valence-electron chi connectivity index (χ2n) is 5.62. The summed E-state index contributed by atoms with van der Waals surface area (Å²) in [6.07, 6.45) is 4.80. The van der Waals surface area contributed by atoms with E-state index in [4.69, 9.17) is 9.84 Å². The van der Waals surface area contributed by atoms with Crippen LogP contribution in [0.1, 0.15) is 5.56 Å². The molecule has 9 nitrogen and oxygen atoms in total. The van der Waals surface area contributed by atoms with Crippen molar-refractivity contribution in [2.75, 3.05) is 38.6 Å². The number of hydrogen-bond donors (Lipinski definition) is 1. The normalized spacial score (nSPS) is 15.8. The number of sulfonamides is 1. The molecule has 142 valence electrons. The van der Waals surface area contributed by atoms with Gasteiger partial charge in [0, 0.05) is 50.7 Å². The second-order valence-corrected chi connectivity index (χ2v) is 7.71. The van der Waals surface area contributed by atoms with Crippen LogP contribution in [0.2, 0.25) is 0 Å². The van der Waals surface area contributed by atoms with E-state index in [0.717, 1.165) is 12.2 Å². The monoisotopic (exact) mass is 383 g/mol. The fourth-order valence-electron chi connectivity index (χ4n) is 2.41. The molecule has 0 unspecified atom stereocenters. The molecule has 1 fully saturated rings. The van der Waals surface area contributed by atoms with Gasteiger partial charge in [0.25, 0.3) is 0 Å². The predicted molar refractivity (Wildman–Crippen MR) is 92.6 cm³/mol. The van der Waals surface area contributed by atoms with Crippen LogP contribution in [0.3, 0.4) is 0 Å². The highest BCUT2D eigenvalue weighted by molar-refractivity contribution is 7.89. The lowest BCUT2D eigenvalue weighted by Crippen LogP contribution is -2.44. The number of morpholine rings is 1. The lowest BCUT2D eigenvalue weighted by atomic mass is 10.2. The van der Waals surface area contributed by atoms with Crippen LogP contribution in [0.5, 0.6) is 0 Å². The lowest BCUT2D eigenvalue weighted by molar-refractivity contribution is -0.132. The van der Waals surface area contributed by atoms with E-state index >= 15 is 0 Å². The average molecular weight is 383 g/mol. The van der Waals surface area contributed by atoms with Gasteiger partial charge in [0.15, 0.2) is 0 Å². The molecule has 1 aromatic rings. The van der Waals surface area contributed by atoms with E-state index in [0.29, 0.717) is 18.8 Å². The van der Waals surface area contributed by atoms with E-state index in [1.54, 1.807) is 24.5 Å². The highest BCUT2D eigenvalue weighted by Crippen LogP contribution is 2.09. The standard InChI is InChI=1S/C16H21N3O6S/c20-15(3-4-16(21)22)18(13-14-2-1-5-17-12-14)8-11-26(23,24)19-6-9-25-10-7-19/h1-5,12H,6-11,13H2,(H,21,22)/b4-3+. The Morgan fingerprint density at radius 3 is 2.65 bits per heavy atom. The van der Waals surface area contributed by atoms with Gasteiger partial charge in [-0.15, -0.1) is 0 Å². The Morgan fingerprint density at radius 1 is 1.31 bits per heavy atom. The molecular formula is C16H21N3O6S. The van der Waals surface area contributed by atoms with Crippen LogP contribution in [0.15, 0.2) is 36.7 Å². The zero-order chi connectivity index (χ0) is 19.0. The molecule has 1 saturated heterocycles. The van der Waals surface area contributed by atoms with Crippen LogP contribution in [0, 0.1) is 0 Å². The maximum absolute atomic E-state index is 12.4. The van der Waals surface area contributed by atoms with E-state index in [1.165, 1.54) is 9.21 Å². The Morgan fingerprint density at radius 2 is 2.04 bits per heavy atom. The number of amides is 1. The van der Waals surface area contributed by atoms with Crippen molar-refractivity contribution in [3.8, 4) is 0 Å². The van der Waals surface area contributed by atoms with Crippen LogP contribution in [0.25, 0.3) is 0 Å². The molecule has 1 aromatic heterocycles. The van der Waals surface area contributed by atoms with Gasteiger partial charge < -0.3 is 14.7 Å². The molecule has 1 amide bonds. The molecule has 26 heavy (non-hydrogen) atoms. The number of aromatic nitrogens is 1. The number of pyridine rings is 1. The number of aliphatic carboxylic acids is 1. The van der Waals surface area contributed by atoms with Crippen molar-refractivity contribution in [2.45, 2.75) is 6.54 Å². The third kappa shape index (κ3) is 6.21. The molecule has 0 spiro atoms. The average Bonchev–Trinajstić information content (AvgIpc) is 2.64. The molecule has 0 saturated carbocycles. The number of rotatable bonds is 8. The van der Waals surface area contributed by atoms with E-state index in [-0.39, 0.29) is 31.9 Å². The Balaban J connectivity index is 2.07. The first-order valence-corrected chi connectivity index (χ1v) is 9.64. The summed E-state index contributed by atoms with van der Waals surface area (Å²) in [6.45, 7) is 1.35. The number of hydrogen-bond acceptors (Lipinski definition) is 6. The van der Waals surface area contributed by atoms with Crippen molar-refractivity contribution >= 4 is 21.9 Å². The number of nitrogens with zero attached hydrogens (tertiary/aromatic N) is 3. The molecule has 10 heteroatoms. The van der Waals surface area contributed by atoms with Crippen molar-refractivity contribution in [1.82, 2.24) is 14.2 Å². The molecule has 2 heterocycles. The van der Waals surface area contributed by atoms with Gasteiger partial charge in [-0.25, -0.2) is 13.2 Å². The van der Waals surface area contributed by atoms with Crippen molar-refractivity contribution < 1.29 is 27.9 Å². The van der Waals surface area contributed by atoms with E-state index in [2.05, 4.69) is 4.98 Å². The molecule has 0 aliphatic carbocycles. The Kier molecular flexibility index (Phi) is 7.25. The summed E-state index contributed by atoms with van der Waals surface area (Å²) in [5.41, 5.74) is 0.716. The van der Waals surface area contributed by atoms with Gasteiger partial charge in [-0.05, 0) is 11.6 Å². The topological polar surface area (TPSA) is 117 Å². The van der Waals surface area contributed by atoms with E-state index in [1.807, 2.05) is 0 Å². The van der Waals surface area contributed by atoms with E-state index in [9.17, 15) is 18.0 Å². The summed E-state index contributed by atoms with van der Waals surface area (Å²) in [6, 6.07) is 3.46. The Labute approximate surface area is 151 Å². The van der Waals surface area contributed by atoms with E-state index < -0.39 is 21.9 Å². The highest BCUT2D eigenvalue weighted by atomic mass is 32.2. The van der Waals surface area contributed by atoms with Crippen LogP contribution in [-0.2, 0) is 30.9 Å². The number of carboxylic acids is 1. The van der Waals surface area contributed by atoms with Crippen LogP contribution < -0.4 is 0 Å². The van der Waals surface area contributed by atoms with Crippen molar-refractivity contribution in [3.63, 3.8) is 0 Å². The van der Waals surface area contributed by atoms with Gasteiger partial charge in [0.1, 0.15) is 0 Å². The Bertz CT molecular complexity index is 745. The molecular weight excluding hydrogens is 362 g/mol. The van der Waals surface area contributed by atoms with Gasteiger partial charge in [0.2, 0.25) is 15.9 Å². The van der Waals surface area contributed by atoms with Crippen molar-refractivity contribution in [2.24, 2.45) is 0 Å². The molecule has 1 N–H and O–H groups in total. The smallest absolute Gasteiger partial charge is 0.328 e. The fourth-order valence-corrected chi connectivity index (χ4v) is 3.82. The Hall–Kier alpha value is -2.30. The van der Waals surface area contributed by atoms with Gasteiger partial charge in [0.05, 0.1) is 19.0 Å². The highest BCUT2D eigenvalue weighted by Gasteiger charge is 2.25. The third-order valence-electron chi connectivity index (χ3n) is 3.76. The maximum Gasteiger partial charge on any atom is 0.328 e. The largest absolute Gasteiger partial charge is 0.478 e. The van der Waals surface area contributed by atoms with Crippen LogP contribution in [0.4, 0.5) is 0 Å². The zero-order valence-corrected chi connectivity index (χ0v) is 15.0. The molecule has 0 radical (unpaired) electrons. The van der Waals surface area contributed by atoms with Crippen molar-refractivity contribution in [1.29, 1.82) is 0 Å².